The number of carbonyl (C=O) groups is 1. The average molecular weight is 961 g/mol. The lowest BCUT2D eigenvalue weighted by Crippen LogP contribution is -2.53. The van der Waals surface area contributed by atoms with Gasteiger partial charge in [-0.1, -0.05) is 308 Å². The van der Waals surface area contributed by atoms with Crippen LogP contribution in [-0.4, -0.2) is 57.3 Å². The molecule has 5 N–H and O–H groups in total. The number of allylic oxidation sites excluding steroid dienone is 4. The first kappa shape index (κ1) is 66.8. The summed E-state index contributed by atoms with van der Waals surface area (Å²) < 4.78 is 0. The highest BCUT2D eigenvalue weighted by Gasteiger charge is 2.28. The van der Waals surface area contributed by atoms with Gasteiger partial charge in [-0.05, 0) is 51.4 Å². The standard InChI is InChI=1S/C62H121NO5/c1-3-5-7-9-11-13-15-17-19-21-23-25-27-29-30-32-33-35-37-39-41-43-45-47-49-51-53-55-59(65)61(67)58(57-64)63-62(68)60(66)56-54-52-50-48-46-44-42-40-38-36-34-31-28-26-24-22-20-18-16-14-12-10-8-6-4-2/h39,41,47,49,58-61,64-67H,3-38,40,42-46,48,50-57H2,1-2H3,(H,63,68)/b41-39+,49-47+. The third-order valence-electron chi connectivity index (χ3n) is 14.6. The van der Waals surface area contributed by atoms with Crippen LogP contribution in [0.5, 0.6) is 0 Å². The van der Waals surface area contributed by atoms with E-state index < -0.39 is 36.9 Å². The van der Waals surface area contributed by atoms with Crippen molar-refractivity contribution in [2.75, 3.05) is 6.61 Å². The number of hydrogen-bond donors (Lipinski definition) is 5. The number of unbranched alkanes of at least 4 members (excludes halogenated alkanes) is 44. The summed E-state index contributed by atoms with van der Waals surface area (Å²) >= 11 is 0. The zero-order valence-electron chi connectivity index (χ0n) is 45.9. The van der Waals surface area contributed by atoms with Crippen molar-refractivity contribution >= 4 is 5.91 Å². The SMILES string of the molecule is CCCCCCCCCCCCCCCCCCCC/C=C/CC/C=C/CCCC(O)C(O)C(CO)NC(=O)C(O)CCCCCCCCCCCCCCCCCCCCCCCCCCC. The van der Waals surface area contributed by atoms with Gasteiger partial charge in [-0.15, -0.1) is 0 Å². The van der Waals surface area contributed by atoms with Crippen LogP contribution in [0.2, 0.25) is 0 Å². The van der Waals surface area contributed by atoms with E-state index in [9.17, 15) is 25.2 Å². The fourth-order valence-corrected chi connectivity index (χ4v) is 9.84. The molecular weight excluding hydrogens is 839 g/mol. The van der Waals surface area contributed by atoms with Gasteiger partial charge in [0.15, 0.2) is 0 Å². The topological polar surface area (TPSA) is 110 Å². The van der Waals surface area contributed by atoms with E-state index in [1.807, 2.05) is 0 Å². The van der Waals surface area contributed by atoms with Crippen LogP contribution in [-0.2, 0) is 4.79 Å². The second kappa shape index (κ2) is 56.7. The van der Waals surface area contributed by atoms with Crippen LogP contribution in [0.4, 0.5) is 0 Å². The van der Waals surface area contributed by atoms with E-state index in [2.05, 4.69) is 43.5 Å². The van der Waals surface area contributed by atoms with Gasteiger partial charge >= 0.3 is 0 Å². The summed E-state index contributed by atoms with van der Waals surface area (Å²) in [6.45, 7) is 4.09. The zero-order chi connectivity index (χ0) is 49.5. The minimum atomic E-state index is -1.29. The molecule has 1 amide bonds. The number of hydrogen-bond acceptors (Lipinski definition) is 5. The minimum Gasteiger partial charge on any atom is -0.394 e. The second-order valence-corrected chi connectivity index (χ2v) is 21.4. The molecule has 0 heterocycles. The summed E-state index contributed by atoms with van der Waals surface area (Å²) in [7, 11) is 0. The molecule has 0 aromatic heterocycles. The van der Waals surface area contributed by atoms with Gasteiger partial charge in [0, 0.05) is 0 Å². The van der Waals surface area contributed by atoms with E-state index in [1.165, 1.54) is 263 Å². The van der Waals surface area contributed by atoms with Gasteiger partial charge in [0.25, 0.3) is 0 Å². The zero-order valence-corrected chi connectivity index (χ0v) is 45.9. The lowest BCUT2D eigenvalue weighted by atomic mass is 10.00. The van der Waals surface area contributed by atoms with Gasteiger partial charge in [0.2, 0.25) is 5.91 Å². The normalized spacial score (nSPS) is 13.8. The molecule has 0 saturated heterocycles. The number of rotatable bonds is 57. The smallest absolute Gasteiger partial charge is 0.249 e. The number of nitrogens with one attached hydrogen (secondary N) is 1. The molecule has 0 aromatic rings. The fraction of sp³-hybridized carbons (Fsp3) is 0.919. The van der Waals surface area contributed by atoms with Gasteiger partial charge in [0.1, 0.15) is 12.2 Å². The molecule has 0 spiro atoms. The van der Waals surface area contributed by atoms with Crippen molar-refractivity contribution in [2.45, 2.75) is 359 Å². The summed E-state index contributed by atoms with van der Waals surface area (Å²) in [5.41, 5.74) is 0. The molecule has 0 aliphatic carbocycles. The van der Waals surface area contributed by atoms with Crippen molar-refractivity contribution in [3.05, 3.63) is 24.3 Å². The van der Waals surface area contributed by atoms with E-state index in [0.717, 1.165) is 38.5 Å². The third kappa shape index (κ3) is 49.8. The van der Waals surface area contributed by atoms with Crippen LogP contribution in [0.1, 0.15) is 335 Å². The predicted molar refractivity (Wildman–Crippen MR) is 298 cm³/mol. The molecule has 404 valence electrons. The van der Waals surface area contributed by atoms with Gasteiger partial charge in [0.05, 0.1) is 18.8 Å². The lowest BCUT2D eigenvalue weighted by Gasteiger charge is -2.27. The highest BCUT2D eigenvalue weighted by Crippen LogP contribution is 2.18. The summed E-state index contributed by atoms with van der Waals surface area (Å²) in [6.07, 6.45) is 69.8. The van der Waals surface area contributed by atoms with Crippen LogP contribution in [0, 0.1) is 0 Å². The molecule has 0 rings (SSSR count). The van der Waals surface area contributed by atoms with Crippen molar-refractivity contribution in [3.63, 3.8) is 0 Å². The van der Waals surface area contributed by atoms with Gasteiger partial charge in [-0.2, -0.15) is 0 Å². The fourth-order valence-electron chi connectivity index (χ4n) is 9.84. The molecule has 0 aromatic carbocycles. The monoisotopic (exact) mass is 960 g/mol. The van der Waals surface area contributed by atoms with Crippen molar-refractivity contribution in [3.8, 4) is 0 Å². The van der Waals surface area contributed by atoms with Crippen molar-refractivity contribution < 1.29 is 25.2 Å². The molecule has 0 fully saturated rings. The predicted octanol–water partition coefficient (Wildman–Crippen LogP) is 18.2. The molecule has 0 aliphatic heterocycles. The first-order valence-electron chi connectivity index (χ1n) is 30.7. The van der Waals surface area contributed by atoms with E-state index in [-0.39, 0.29) is 0 Å². The lowest BCUT2D eigenvalue weighted by molar-refractivity contribution is -0.132. The summed E-state index contributed by atoms with van der Waals surface area (Å²) in [5.74, 6) is -0.591. The molecule has 0 radical (unpaired) electrons. The highest BCUT2D eigenvalue weighted by molar-refractivity contribution is 5.80. The Bertz CT molecular complexity index is 1030. The summed E-state index contributed by atoms with van der Waals surface area (Å²) in [5, 5.41) is 44.0. The Balaban J connectivity index is 3.63. The first-order chi connectivity index (χ1) is 33.5. The molecule has 0 saturated carbocycles. The largest absolute Gasteiger partial charge is 0.394 e. The number of aliphatic hydroxyl groups excluding tert-OH is 4. The molecule has 0 aliphatic rings. The maximum atomic E-state index is 12.6. The summed E-state index contributed by atoms with van der Waals surface area (Å²) in [4.78, 5) is 12.6. The maximum Gasteiger partial charge on any atom is 0.249 e. The summed E-state index contributed by atoms with van der Waals surface area (Å²) in [6, 6.07) is -1.01. The molecule has 4 atom stereocenters. The maximum absolute atomic E-state index is 12.6. The Morgan fingerprint density at radius 1 is 0.353 bits per heavy atom. The number of carbonyl (C=O) groups excluding carboxylic acids is 1. The average Bonchev–Trinajstić information content (AvgIpc) is 3.34. The molecule has 0 bridgehead atoms. The third-order valence-corrected chi connectivity index (χ3v) is 14.6. The van der Waals surface area contributed by atoms with Crippen LogP contribution in [0.3, 0.4) is 0 Å². The first-order valence-corrected chi connectivity index (χ1v) is 30.7. The number of aliphatic hydroxyl groups is 4. The van der Waals surface area contributed by atoms with Gasteiger partial charge in [-0.25, -0.2) is 0 Å². The van der Waals surface area contributed by atoms with E-state index >= 15 is 0 Å². The Kier molecular flexibility index (Phi) is 55.7. The second-order valence-electron chi connectivity index (χ2n) is 21.4. The van der Waals surface area contributed by atoms with Crippen LogP contribution < -0.4 is 5.32 Å². The van der Waals surface area contributed by atoms with Crippen molar-refractivity contribution in [1.29, 1.82) is 0 Å². The molecule has 6 nitrogen and oxygen atoms in total. The Morgan fingerprint density at radius 2 is 0.618 bits per heavy atom. The van der Waals surface area contributed by atoms with Crippen molar-refractivity contribution in [2.24, 2.45) is 0 Å². The highest BCUT2D eigenvalue weighted by atomic mass is 16.3. The van der Waals surface area contributed by atoms with E-state index in [0.29, 0.717) is 19.3 Å². The molecule has 6 heteroatoms. The molecule has 68 heavy (non-hydrogen) atoms. The minimum absolute atomic E-state index is 0.365. The Hall–Kier alpha value is -1.21. The quantitative estimate of drug-likeness (QED) is 0.0308. The van der Waals surface area contributed by atoms with Crippen LogP contribution in [0.15, 0.2) is 24.3 Å². The Labute approximate surface area is 425 Å². The van der Waals surface area contributed by atoms with Crippen molar-refractivity contribution in [1.82, 2.24) is 5.32 Å². The van der Waals surface area contributed by atoms with E-state index in [1.54, 1.807) is 0 Å². The Morgan fingerprint density at radius 3 is 0.926 bits per heavy atom. The van der Waals surface area contributed by atoms with Crippen LogP contribution in [0.25, 0.3) is 0 Å². The van der Waals surface area contributed by atoms with E-state index in [4.69, 9.17) is 0 Å². The van der Waals surface area contributed by atoms with Gasteiger partial charge < -0.3 is 25.7 Å². The van der Waals surface area contributed by atoms with Crippen LogP contribution >= 0.6 is 0 Å². The molecule has 4 unspecified atom stereocenters. The van der Waals surface area contributed by atoms with Gasteiger partial charge in [-0.3, -0.25) is 4.79 Å². The number of amides is 1. The molecular formula is C62H121NO5.